The minimum absolute atomic E-state index is 0.0941. The SMILES string of the molecule is CC[C@@](C)(C#N)NC(=O)Cc1cccs1. The number of rotatable bonds is 4. The Labute approximate surface area is 93.7 Å². The van der Waals surface area contributed by atoms with Crippen molar-refractivity contribution in [3.05, 3.63) is 22.4 Å². The average Bonchev–Trinajstić information content (AvgIpc) is 2.70. The second-order valence-corrected chi connectivity index (χ2v) is 4.63. The second kappa shape index (κ2) is 4.94. The highest BCUT2D eigenvalue weighted by atomic mass is 32.1. The van der Waals surface area contributed by atoms with Crippen molar-refractivity contribution in [3.63, 3.8) is 0 Å². The van der Waals surface area contributed by atoms with Gasteiger partial charge in [0.2, 0.25) is 5.91 Å². The lowest BCUT2D eigenvalue weighted by Gasteiger charge is -2.20. The summed E-state index contributed by atoms with van der Waals surface area (Å²) in [7, 11) is 0. The van der Waals surface area contributed by atoms with Gasteiger partial charge in [0.1, 0.15) is 5.54 Å². The predicted molar refractivity (Wildman–Crippen MR) is 60.5 cm³/mol. The van der Waals surface area contributed by atoms with Gasteiger partial charge in [0.25, 0.3) is 0 Å². The zero-order valence-electron chi connectivity index (χ0n) is 8.91. The van der Waals surface area contributed by atoms with Crippen LogP contribution in [0.1, 0.15) is 25.1 Å². The first-order valence-electron chi connectivity index (χ1n) is 4.84. The van der Waals surface area contributed by atoms with Gasteiger partial charge in [-0.25, -0.2) is 0 Å². The summed E-state index contributed by atoms with van der Waals surface area (Å²) < 4.78 is 0. The minimum atomic E-state index is -0.742. The van der Waals surface area contributed by atoms with E-state index in [1.165, 1.54) is 0 Å². The van der Waals surface area contributed by atoms with Crippen LogP contribution in [-0.4, -0.2) is 11.4 Å². The van der Waals surface area contributed by atoms with Crippen molar-refractivity contribution in [2.75, 3.05) is 0 Å². The molecule has 0 saturated carbocycles. The minimum Gasteiger partial charge on any atom is -0.338 e. The Balaban J connectivity index is 2.53. The van der Waals surface area contributed by atoms with Crippen molar-refractivity contribution in [2.24, 2.45) is 0 Å². The molecular weight excluding hydrogens is 208 g/mol. The van der Waals surface area contributed by atoms with Gasteiger partial charge in [-0.2, -0.15) is 5.26 Å². The molecule has 1 heterocycles. The molecule has 1 aromatic rings. The van der Waals surface area contributed by atoms with Crippen molar-refractivity contribution in [2.45, 2.75) is 32.2 Å². The van der Waals surface area contributed by atoms with E-state index in [9.17, 15) is 4.79 Å². The van der Waals surface area contributed by atoms with Crippen LogP contribution in [0.4, 0.5) is 0 Å². The largest absolute Gasteiger partial charge is 0.338 e. The van der Waals surface area contributed by atoms with Gasteiger partial charge in [0.15, 0.2) is 0 Å². The maximum Gasteiger partial charge on any atom is 0.226 e. The van der Waals surface area contributed by atoms with Crippen LogP contribution in [0.5, 0.6) is 0 Å². The lowest BCUT2D eigenvalue weighted by molar-refractivity contribution is -0.121. The van der Waals surface area contributed by atoms with Crippen molar-refractivity contribution < 1.29 is 4.79 Å². The van der Waals surface area contributed by atoms with Crippen LogP contribution in [-0.2, 0) is 11.2 Å². The summed E-state index contributed by atoms with van der Waals surface area (Å²) in [5, 5.41) is 13.6. The van der Waals surface area contributed by atoms with Crippen LogP contribution >= 0.6 is 11.3 Å². The Morgan fingerprint density at radius 1 is 1.73 bits per heavy atom. The molecule has 1 rings (SSSR count). The summed E-state index contributed by atoms with van der Waals surface area (Å²) >= 11 is 1.55. The van der Waals surface area contributed by atoms with Gasteiger partial charge in [-0.1, -0.05) is 13.0 Å². The molecule has 0 unspecified atom stereocenters. The molecule has 0 aliphatic rings. The Bertz CT molecular complexity index is 366. The van der Waals surface area contributed by atoms with E-state index in [0.29, 0.717) is 12.8 Å². The van der Waals surface area contributed by atoms with Crippen LogP contribution in [0.25, 0.3) is 0 Å². The van der Waals surface area contributed by atoms with E-state index in [1.54, 1.807) is 18.3 Å². The fourth-order valence-corrected chi connectivity index (χ4v) is 1.82. The summed E-state index contributed by atoms with van der Waals surface area (Å²) in [6.07, 6.45) is 0.967. The number of hydrogen-bond donors (Lipinski definition) is 1. The first-order valence-corrected chi connectivity index (χ1v) is 5.72. The highest BCUT2D eigenvalue weighted by molar-refractivity contribution is 7.10. The van der Waals surface area contributed by atoms with Gasteiger partial charge in [-0.05, 0) is 24.8 Å². The number of hydrogen-bond acceptors (Lipinski definition) is 3. The third-order valence-corrected chi connectivity index (χ3v) is 3.16. The Morgan fingerprint density at radius 3 is 2.93 bits per heavy atom. The van der Waals surface area contributed by atoms with E-state index in [2.05, 4.69) is 11.4 Å². The molecule has 1 amide bonds. The first kappa shape index (κ1) is 11.7. The molecule has 80 valence electrons. The Kier molecular flexibility index (Phi) is 3.87. The highest BCUT2D eigenvalue weighted by Crippen LogP contribution is 2.11. The summed E-state index contributed by atoms with van der Waals surface area (Å²) in [6.45, 7) is 3.62. The van der Waals surface area contributed by atoms with Gasteiger partial charge in [-0.15, -0.1) is 11.3 Å². The van der Waals surface area contributed by atoms with Crippen molar-refractivity contribution in [3.8, 4) is 6.07 Å². The van der Waals surface area contributed by atoms with Crippen molar-refractivity contribution in [1.29, 1.82) is 5.26 Å². The van der Waals surface area contributed by atoms with Gasteiger partial charge in [0, 0.05) is 4.88 Å². The van der Waals surface area contributed by atoms with Gasteiger partial charge >= 0.3 is 0 Å². The number of carbonyl (C=O) groups excluding carboxylic acids is 1. The molecule has 1 N–H and O–H groups in total. The molecular formula is C11H14N2OS. The van der Waals surface area contributed by atoms with E-state index in [4.69, 9.17) is 5.26 Å². The van der Waals surface area contributed by atoms with Gasteiger partial charge in [0.05, 0.1) is 12.5 Å². The molecule has 1 aromatic heterocycles. The summed E-state index contributed by atoms with van der Waals surface area (Å²) in [6, 6.07) is 5.94. The number of nitriles is 1. The average molecular weight is 222 g/mol. The molecule has 0 aromatic carbocycles. The quantitative estimate of drug-likeness (QED) is 0.848. The van der Waals surface area contributed by atoms with Crippen LogP contribution < -0.4 is 5.32 Å². The number of carbonyl (C=O) groups is 1. The molecule has 4 heteroatoms. The molecule has 0 radical (unpaired) electrons. The molecule has 15 heavy (non-hydrogen) atoms. The van der Waals surface area contributed by atoms with Gasteiger partial charge in [-0.3, -0.25) is 4.79 Å². The molecule has 0 aliphatic carbocycles. The number of amides is 1. The molecule has 0 bridgehead atoms. The highest BCUT2D eigenvalue weighted by Gasteiger charge is 2.23. The van der Waals surface area contributed by atoms with E-state index >= 15 is 0 Å². The molecule has 3 nitrogen and oxygen atoms in total. The third-order valence-electron chi connectivity index (χ3n) is 2.28. The molecule has 0 fully saturated rings. The maximum absolute atomic E-state index is 11.6. The monoisotopic (exact) mass is 222 g/mol. The number of thiophene rings is 1. The zero-order valence-corrected chi connectivity index (χ0v) is 9.73. The smallest absolute Gasteiger partial charge is 0.226 e. The fraction of sp³-hybridized carbons (Fsp3) is 0.455. The Hall–Kier alpha value is -1.34. The van der Waals surface area contributed by atoms with Crippen LogP contribution in [0.15, 0.2) is 17.5 Å². The van der Waals surface area contributed by atoms with Crippen LogP contribution in [0.2, 0.25) is 0 Å². The topological polar surface area (TPSA) is 52.9 Å². The molecule has 0 spiro atoms. The molecule has 1 atom stereocenters. The molecule has 0 aliphatic heterocycles. The number of nitrogens with one attached hydrogen (secondary N) is 1. The standard InChI is InChI=1S/C11H14N2OS/c1-3-11(2,8-12)13-10(14)7-9-5-4-6-15-9/h4-6H,3,7H2,1-2H3,(H,13,14)/t11-/m0/s1. The van der Waals surface area contributed by atoms with Crippen LogP contribution in [0, 0.1) is 11.3 Å². The van der Waals surface area contributed by atoms with E-state index < -0.39 is 5.54 Å². The zero-order chi connectivity index (χ0) is 11.3. The summed E-state index contributed by atoms with van der Waals surface area (Å²) in [4.78, 5) is 12.6. The lowest BCUT2D eigenvalue weighted by Crippen LogP contribution is -2.44. The normalized spacial score (nSPS) is 13.9. The fourth-order valence-electron chi connectivity index (χ4n) is 1.12. The summed E-state index contributed by atoms with van der Waals surface area (Å²) in [5.41, 5.74) is -0.742. The van der Waals surface area contributed by atoms with E-state index in [1.807, 2.05) is 24.4 Å². The summed E-state index contributed by atoms with van der Waals surface area (Å²) in [5.74, 6) is -0.0941. The van der Waals surface area contributed by atoms with E-state index in [-0.39, 0.29) is 5.91 Å². The lowest BCUT2D eigenvalue weighted by atomic mass is 10.0. The predicted octanol–water partition coefficient (Wildman–Crippen LogP) is 2.10. The first-order chi connectivity index (χ1) is 7.09. The number of nitrogens with zero attached hydrogens (tertiary/aromatic N) is 1. The van der Waals surface area contributed by atoms with Gasteiger partial charge < -0.3 is 5.32 Å². The van der Waals surface area contributed by atoms with Crippen LogP contribution in [0.3, 0.4) is 0 Å². The molecule has 0 saturated heterocycles. The van der Waals surface area contributed by atoms with Crippen molar-refractivity contribution in [1.82, 2.24) is 5.32 Å². The third kappa shape index (κ3) is 3.37. The second-order valence-electron chi connectivity index (χ2n) is 3.60. The maximum atomic E-state index is 11.6. The Morgan fingerprint density at radius 2 is 2.47 bits per heavy atom. The van der Waals surface area contributed by atoms with E-state index in [0.717, 1.165) is 4.88 Å². The van der Waals surface area contributed by atoms with Crippen molar-refractivity contribution >= 4 is 17.2 Å².